The lowest BCUT2D eigenvalue weighted by Gasteiger charge is -2.28. The van der Waals surface area contributed by atoms with E-state index in [2.05, 4.69) is 4.74 Å². The van der Waals surface area contributed by atoms with Crippen molar-refractivity contribution >= 4 is 11.5 Å². The van der Waals surface area contributed by atoms with E-state index in [-0.39, 0.29) is 12.1 Å². The minimum absolute atomic E-state index is 0.166. The first-order valence-corrected chi connectivity index (χ1v) is 11.1. The van der Waals surface area contributed by atoms with Gasteiger partial charge in [0.15, 0.2) is 0 Å². The molecule has 12 heteroatoms. The molecule has 3 aromatic rings. The summed E-state index contributed by atoms with van der Waals surface area (Å²) in [7, 11) is 0. The van der Waals surface area contributed by atoms with Crippen LogP contribution in [-0.4, -0.2) is 42.2 Å². The zero-order valence-corrected chi connectivity index (χ0v) is 19.5. The van der Waals surface area contributed by atoms with Crippen LogP contribution in [0.5, 0.6) is 17.2 Å². The highest BCUT2D eigenvalue weighted by atomic mass is 19.4. The molecule has 0 aliphatic heterocycles. The number of hydrogen-bond acceptors (Lipinski definition) is 5. The number of alkyl halides is 7. The lowest BCUT2D eigenvalue weighted by atomic mass is 10.1. The summed E-state index contributed by atoms with van der Waals surface area (Å²) >= 11 is 0. The zero-order chi connectivity index (χ0) is 27.9. The van der Waals surface area contributed by atoms with Crippen LogP contribution < -0.4 is 14.4 Å². The van der Waals surface area contributed by atoms with Gasteiger partial charge in [-0.05, 0) is 42.0 Å². The van der Waals surface area contributed by atoms with Gasteiger partial charge in [-0.3, -0.25) is 4.79 Å². The predicted octanol–water partition coefficient (Wildman–Crippen LogP) is 6.60. The van der Waals surface area contributed by atoms with Gasteiger partial charge in [-0.1, -0.05) is 36.4 Å². The van der Waals surface area contributed by atoms with E-state index in [9.17, 15) is 40.6 Å². The van der Waals surface area contributed by atoms with Gasteiger partial charge >= 0.3 is 18.7 Å². The van der Waals surface area contributed by atoms with Gasteiger partial charge in [-0.2, -0.15) is 8.78 Å². The average molecular weight is 545 g/mol. The van der Waals surface area contributed by atoms with Gasteiger partial charge in [0.2, 0.25) is 5.78 Å². The topological polar surface area (TPSA) is 59.0 Å². The monoisotopic (exact) mass is 545 g/mol. The summed E-state index contributed by atoms with van der Waals surface area (Å²) in [4.78, 5) is 13.1. The van der Waals surface area contributed by atoms with E-state index in [1.54, 1.807) is 48.5 Å². The predicted molar refractivity (Wildman–Crippen MR) is 124 cm³/mol. The fraction of sp³-hybridized carbons (Fsp3) is 0.269. The molecule has 38 heavy (non-hydrogen) atoms. The molecule has 0 aliphatic rings. The molecule has 0 radical (unpaired) electrons. The molecule has 3 rings (SSSR count). The van der Waals surface area contributed by atoms with Gasteiger partial charge in [0.05, 0.1) is 6.10 Å². The molecule has 0 heterocycles. The SMILES string of the molecule is O=C(CC(O)CN(Cc1cccc(OC(F)(F)F)c1)c1cccc(Oc2ccccc2)c1)C(F)(F)C(F)F. The highest BCUT2D eigenvalue weighted by Crippen LogP contribution is 2.30. The van der Waals surface area contributed by atoms with E-state index in [1.807, 2.05) is 0 Å². The summed E-state index contributed by atoms with van der Waals surface area (Å²) in [6.45, 7) is -0.662. The second kappa shape index (κ2) is 12.2. The smallest absolute Gasteiger partial charge is 0.457 e. The van der Waals surface area contributed by atoms with Crippen molar-refractivity contribution in [3.63, 3.8) is 0 Å². The Kier molecular flexibility index (Phi) is 9.21. The van der Waals surface area contributed by atoms with E-state index < -0.39 is 49.3 Å². The van der Waals surface area contributed by atoms with E-state index in [4.69, 9.17) is 4.74 Å². The number of hydrogen-bond donors (Lipinski definition) is 1. The normalized spacial score (nSPS) is 12.8. The van der Waals surface area contributed by atoms with E-state index in [0.29, 0.717) is 17.2 Å². The number of rotatable bonds is 12. The summed E-state index contributed by atoms with van der Waals surface area (Å²) < 4.78 is 99.5. The first-order chi connectivity index (χ1) is 17.8. The van der Waals surface area contributed by atoms with Crippen molar-refractivity contribution in [2.45, 2.75) is 37.8 Å². The number of carbonyl (C=O) groups is 1. The van der Waals surface area contributed by atoms with Crippen molar-refractivity contribution in [2.24, 2.45) is 0 Å². The molecular weight excluding hydrogens is 523 g/mol. The van der Waals surface area contributed by atoms with Crippen LogP contribution in [-0.2, 0) is 11.3 Å². The lowest BCUT2D eigenvalue weighted by molar-refractivity contribution is -0.274. The second-order valence-electron chi connectivity index (χ2n) is 8.19. The number of ketones is 1. The van der Waals surface area contributed by atoms with Crippen LogP contribution in [0.2, 0.25) is 0 Å². The Morgan fingerprint density at radius 3 is 2.13 bits per heavy atom. The Morgan fingerprint density at radius 2 is 1.47 bits per heavy atom. The molecule has 0 bridgehead atoms. The number of carbonyl (C=O) groups excluding carboxylic acids is 1. The third-order valence-corrected chi connectivity index (χ3v) is 5.17. The molecule has 5 nitrogen and oxygen atoms in total. The number of aliphatic hydroxyl groups is 1. The number of benzene rings is 3. The number of Topliss-reactive ketones (excluding diaryl/α,β-unsaturated/α-hetero) is 1. The Labute approximate surface area is 213 Å². The Balaban J connectivity index is 1.86. The molecule has 0 spiro atoms. The first kappa shape index (κ1) is 28.8. The first-order valence-electron chi connectivity index (χ1n) is 11.1. The summed E-state index contributed by atoms with van der Waals surface area (Å²) in [6, 6.07) is 19.8. The molecule has 1 atom stereocenters. The van der Waals surface area contributed by atoms with Crippen LogP contribution >= 0.6 is 0 Å². The molecule has 3 aromatic carbocycles. The molecule has 0 fully saturated rings. The van der Waals surface area contributed by atoms with Gasteiger partial charge in [-0.25, -0.2) is 8.78 Å². The number of halogens is 7. The van der Waals surface area contributed by atoms with Crippen molar-refractivity contribution in [2.75, 3.05) is 11.4 Å². The van der Waals surface area contributed by atoms with Gasteiger partial charge in [-0.15, -0.1) is 13.2 Å². The number of aliphatic hydroxyl groups excluding tert-OH is 1. The second-order valence-corrected chi connectivity index (χ2v) is 8.19. The minimum atomic E-state index is -4.94. The minimum Gasteiger partial charge on any atom is -0.457 e. The van der Waals surface area contributed by atoms with E-state index in [1.165, 1.54) is 23.1 Å². The Morgan fingerprint density at radius 1 is 0.842 bits per heavy atom. The van der Waals surface area contributed by atoms with Crippen molar-refractivity contribution in [1.82, 2.24) is 0 Å². The molecule has 0 amide bonds. The largest absolute Gasteiger partial charge is 0.573 e. The average Bonchev–Trinajstić information content (AvgIpc) is 2.83. The molecule has 1 unspecified atom stereocenters. The highest BCUT2D eigenvalue weighted by molar-refractivity contribution is 5.86. The van der Waals surface area contributed by atoms with E-state index >= 15 is 0 Å². The van der Waals surface area contributed by atoms with Crippen molar-refractivity contribution < 1.29 is 50.1 Å². The quantitative estimate of drug-likeness (QED) is 0.260. The van der Waals surface area contributed by atoms with Crippen molar-refractivity contribution in [3.8, 4) is 17.2 Å². The molecular formula is C26H22F7NO4. The van der Waals surface area contributed by atoms with Gasteiger partial charge in [0.1, 0.15) is 17.2 Å². The summed E-state index contributed by atoms with van der Waals surface area (Å²) in [6.07, 6.45) is -12.2. The number of nitrogens with zero attached hydrogens (tertiary/aromatic N) is 1. The van der Waals surface area contributed by atoms with Crippen LogP contribution in [0.15, 0.2) is 78.9 Å². The summed E-state index contributed by atoms with van der Waals surface area (Å²) in [5.74, 6) is -6.75. The fourth-order valence-electron chi connectivity index (χ4n) is 3.48. The maximum absolute atomic E-state index is 13.4. The third kappa shape index (κ3) is 8.37. The summed E-state index contributed by atoms with van der Waals surface area (Å²) in [5.41, 5.74) is 0.616. The van der Waals surface area contributed by atoms with Gasteiger partial charge in [0, 0.05) is 31.3 Å². The maximum atomic E-state index is 13.4. The molecule has 1 N–H and O–H groups in total. The maximum Gasteiger partial charge on any atom is 0.573 e. The van der Waals surface area contributed by atoms with Crippen LogP contribution in [0, 0.1) is 0 Å². The van der Waals surface area contributed by atoms with Crippen molar-refractivity contribution in [3.05, 3.63) is 84.4 Å². The molecule has 0 saturated carbocycles. The summed E-state index contributed by atoms with van der Waals surface area (Å²) in [5, 5.41) is 10.3. The molecule has 0 saturated heterocycles. The van der Waals surface area contributed by atoms with Crippen LogP contribution in [0.25, 0.3) is 0 Å². The van der Waals surface area contributed by atoms with Gasteiger partial charge < -0.3 is 19.5 Å². The number of ether oxygens (including phenoxy) is 2. The molecule has 0 aliphatic carbocycles. The van der Waals surface area contributed by atoms with Crippen molar-refractivity contribution in [1.29, 1.82) is 0 Å². The van der Waals surface area contributed by atoms with Crippen LogP contribution in [0.4, 0.5) is 36.4 Å². The van der Waals surface area contributed by atoms with Crippen LogP contribution in [0.1, 0.15) is 12.0 Å². The Bertz CT molecular complexity index is 1210. The van der Waals surface area contributed by atoms with Gasteiger partial charge in [0.25, 0.3) is 0 Å². The lowest BCUT2D eigenvalue weighted by Crippen LogP contribution is -2.41. The van der Waals surface area contributed by atoms with Crippen LogP contribution in [0.3, 0.4) is 0 Å². The molecule has 204 valence electrons. The standard InChI is InChI=1S/C26H22F7NO4/c27-24(28)25(29,30)23(36)14-19(35)16-34(15-17-6-4-11-22(12-17)38-26(31,32)33)18-7-5-10-21(13-18)37-20-8-2-1-3-9-20/h1-13,19,24,35H,14-16H2. The van der Waals surface area contributed by atoms with E-state index in [0.717, 1.165) is 12.1 Å². The third-order valence-electron chi connectivity index (χ3n) is 5.17. The molecule has 0 aromatic heterocycles. The number of para-hydroxylation sites is 1. The fourth-order valence-corrected chi connectivity index (χ4v) is 3.48. The highest BCUT2D eigenvalue weighted by Gasteiger charge is 2.48. The number of anilines is 1. The Hall–Kier alpha value is -3.80. The zero-order valence-electron chi connectivity index (χ0n) is 19.5.